The van der Waals surface area contributed by atoms with Crippen LogP contribution < -0.4 is 10.6 Å². The first-order chi connectivity index (χ1) is 9.62. The number of hydrogen-bond donors (Lipinski definition) is 0. The molecular formula is C17H23OPSi. The van der Waals surface area contributed by atoms with Gasteiger partial charge in [0.2, 0.25) is 0 Å². The van der Waals surface area contributed by atoms with Gasteiger partial charge in [0.25, 0.3) is 0 Å². The summed E-state index contributed by atoms with van der Waals surface area (Å²) in [5, 5.41) is 2.91. The van der Waals surface area contributed by atoms with Crippen molar-refractivity contribution in [2.75, 3.05) is 12.4 Å². The Balaban J connectivity index is 2.31. The lowest BCUT2D eigenvalue weighted by Gasteiger charge is -2.28. The van der Waals surface area contributed by atoms with E-state index >= 15 is 0 Å². The van der Waals surface area contributed by atoms with E-state index in [1.54, 1.807) is 0 Å². The molecule has 2 rings (SSSR count). The summed E-state index contributed by atoms with van der Waals surface area (Å²) in [5.74, 6) is 1.18. The molecule has 0 spiro atoms. The maximum absolute atomic E-state index is 6.06. The van der Waals surface area contributed by atoms with Crippen molar-refractivity contribution in [1.82, 2.24) is 0 Å². The Kier molecular flexibility index (Phi) is 5.53. The minimum absolute atomic E-state index is 0.314. The van der Waals surface area contributed by atoms with Crippen LogP contribution in [0.4, 0.5) is 0 Å². The van der Waals surface area contributed by atoms with Gasteiger partial charge in [-0.3, -0.25) is 0 Å². The topological polar surface area (TPSA) is 9.23 Å². The molecule has 0 bridgehead atoms. The van der Waals surface area contributed by atoms with Crippen LogP contribution in [-0.4, -0.2) is 20.7 Å². The van der Waals surface area contributed by atoms with Crippen LogP contribution in [0.25, 0.3) is 0 Å². The first-order valence-electron chi connectivity index (χ1n) is 7.14. The van der Waals surface area contributed by atoms with E-state index in [0.717, 1.165) is 6.61 Å². The highest BCUT2D eigenvalue weighted by atomic mass is 31.1. The van der Waals surface area contributed by atoms with Crippen LogP contribution in [0.1, 0.15) is 6.92 Å². The third kappa shape index (κ3) is 4.27. The van der Waals surface area contributed by atoms with E-state index in [1.807, 2.05) is 0 Å². The van der Waals surface area contributed by atoms with Gasteiger partial charge in [0.15, 0.2) is 8.32 Å². The highest BCUT2D eigenvalue weighted by Crippen LogP contribution is 2.36. The first kappa shape index (κ1) is 15.4. The predicted molar refractivity (Wildman–Crippen MR) is 93.0 cm³/mol. The van der Waals surface area contributed by atoms with Crippen molar-refractivity contribution in [2.45, 2.75) is 20.0 Å². The van der Waals surface area contributed by atoms with Crippen molar-refractivity contribution >= 4 is 26.8 Å². The van der Waals surface area contributed by atoms with Crippen molar-refractivity contribution in [3.8, 4) is 0 Å². The smallest absolute Gasteiger partial charge is 0.191 e. The Morgan fingerprint density at radius 3 is 1.70 bits per heavy atom. The van der Waals surface area contributed by atoms with Crippen molar-refractivity contribution in [1.29, 1.82) is 0 Å². The van der Waals surface area contributed by atoms with Crippen LogP contribution in [0.3, 0.4) is 0 Å². The van der Waals surface area contributed by atoms with Crippen molar-refractivity contribution < 1.29 is 4.43 Å². The molecule has 0 saturated heterocycles. The van der Waals surface area contributed by atoms with Gasteiger partial charge in [0, 0.05) is 6.61 Å². The van der Waals surface area contributed by atoms with E-state index in [1.165, 1.54) is 16.4 Å². The standard InChI is InChI=1S/C17H23OPSi/c1-4-18-20(2,3)15-19(16-11-7-5-8-12-16)17-13-9-6-10-14-17/h5-14H,4,15H2,1-3H3. The van der Waals surface area contributed by atoms with Crippen molar-refractivity contribution in [3.63, 3.8) is 0 Å². The van der Waals surface area contributed by atoms with E-state index in [9.17, 15) is 0 Å². The zero-order valence-electron chi connectivity index (χ0n) is 12.5. The molecule has 0 unspecified atom stereocenters. The SMILES string of the molecule is CCO[Si](C)(C)CP(c1ccccc1)c1ccccc1. The van der Waals surface area contributed by atoms with E-state index in [2.05, 4.69) is 80.7 Å². The Morgan fingerprint density at radius 2 is 1.30 bits per heavy atom. The van der Waals surface area contributed by atoms with Gasteiger partial charge in [0.1, 0.15) is 0 Å². The molecule has 0 aliphatic heterocycles. The van der Waals surface area contributed by atoms with Gasteiger partial charge in [-0.1, -0.05) is 60.7 Å². The third-order valence-electron chi connectivity index (χ3n) is 3.21. The molecule has 0 radical (unpaired) electrons. The van der Waals surface area contributed by atoms with Gasteiger partial charge in [-0.15, -0.1) is 0 Å². The number of hydrogen-bond acceptors (Lipinski definition) is 1. The summed E-state index contributed by atoms with van der Waals surface area (Å²) in [7, 11) is -1.92. The highest BCUT2D eigenvalue weighted by molar-refractivity contribution is 7.75. The maximum atomic E-state index is 6.06. The fraction of sp³-hybridized carbons (Fsp3) is 0.294. The minimum atomic E-state index is -1.60. The number of rotatable bonds is 6. The molecule has 0 aromatic heterocycles. The quantitative estimate of drug-likeness (QED) is 0.581. The van der Waals surface area contributed by atoms with E-state index in [0.29, 0.717) is 0 Å². The summed E-state index contributed by atoms with van der Waals surface area (Å²) in [6.07, 6.45) is 0. The molecule has 20 heavy (non-hydrogen) atoms. The van der Waals surface area contributed by atoms with Crippen LogP contribution in [0, 0.1) is 0 Å². The Bertz CT molecular complexity index is 474. The lowest BCUT2D eigenvalue weighted by Crippen LogP contribution is -2.37. The summed E-state index contributed by atoms with van der Waals surface area (Å²) in [6.45, 7) is 7.59. The highest BCUT2D eigenvalue weighted by Gasteiger charge is 2.28. The predicted octanol–water partition coefficient (Wildman–Crippen LogP) is 3.90. The largest absolute Gasteiger partial charge is 0.417 e. The lowest BCUT2D eigenvalue weighted by atomic mass is 10.4. The average Bonchev–Trinajstić information content (AvgIpc) is 2.47. The monoisotopic (exact) mass is 302 g/mol. The first-order valence-corrected chi connectivity index (χ1v) is 11.8. The van der Waals surface area contributed by atoms with Gasteiger partial charge in [-0.2, -0.15) is 0 Å². The maximum Gasteiger partial charge on any atom is 0.191 e. The Morgan fingerprint density at radius 1 is 0.850 bits per heavy atom. The van der Waals surface area contributed by atoms with E-state index < -0.39 is 8.32 Å². The zero-order chi connectivity index (χ0) is 14.4. The Hall–Kier alpha value is -0.953. The minimum Gasteiger partial charge on any atom is -0.417 e. The van der Waals surface area contributed by atoms with Gasteiger partial charge in [-0.05, 0) is 44.3 Å². The molecule has 0 amide bonds. The van der Waals surface area contributed by atoms with Crippen molar-refractivity contribution in [3.05, 3.63) is 60.7 Å². The molecule has 1 nitrogen and oxygen atoms in total. The molecule has 0 fully saturated rings. The van der Waals surface area contributed by atoms with Gasteiger partial charge >= 0.3 is 0 Å². The molecule has 2 aromatic carbocycles. The van der Waals surface area contributed by atoms with Gasteiger partial charge in [-0.25, -0.2) is 0 Å². The fourth-order valence-corrected chi connectivity index (χ4v) is 9.38. The second-order valence-corrected chi connectivity index (χ2v) is 12.4. The van der Waals surface area contributed by atoms with Gasteiger partial charge in [0.05, 0.1) is 0 Å². The summed E-state index contributed by atoms with van der Waals surface area (Å²) in [6, 6.07) is 21.8. The molecule has 0 aliphatic rings. The van der Waals surface area contributed by atoms with Crippen molar-refractivity contribution in [2.24, 2.45) is 0 Å². The molecule has 0 heterocycles. The molecule has 0 atom stereocenters. The molecular weight excluding hydrogens is 279 g/mol. The van der Waals surface area contributed by atoms with Crippen LogP contribution in [-0.2, 0) is 4.43 Å². The van der Waals surface area contributed by atoms with E-state index in [4.69, 9.17) is 4.43 Å². The van der Waals surface area contributed by atoms with Gasteiger partial charge < -0.3 is 4.43 Å². The molecule has 0 aliphatic carbocycles. The molecule has 106 valence electrons. The fourth-order valence-electron chi connectivity index (χ4n) is 2.36. The van der Waals surface area contributed by atoms with E-state index in [-0.39, 0.29) is 7.92 Å². The average molecular weight is 302 g/mol. The summed E-state index contributed by atoms with van der Waals surface area (Å²) in [4.78, 5) is 0. The molecule has 0 saturated carbocycles. The van der Waals surface area contributed by atoms with Crippen LogP contribution in [0.5, 0.6) is 0 Å². The van der Waals surface area contributed by atoms with Crippen LogP contribution >= 0.6 is 7.92 Å². The second-order valence-electron chi connectivity index (χ2n) is 5.45. The second kappa shape index (κ2) is 7.17. The Labute approximate surface area is 124 Å². The molecule has 2 aromatic rings. The number of benzene rings is 2. The normalized spacial score (nSPS) is 11.8. The van der Waals surface area contributed by atoms with Crippen LogP contribution in [0.15, 0.2) is 60.7 Å². The third-order valence-corrected chi connectivity index (χ3v) is 10.4. The zero-order valence-corrected chi connectivity index (χ0v) is 14.4. The summed E-state index contributed by atoms with van der Waals surface area (Å²) >= 11 is 0. The molecule has 0 N–H and O–H groups in total. The summed E-state index contributed by atoms with van der Waals surface area (Å²) in [5.41, 5.74) is 0. The lowest BCUT2D eigenvalue weighted by molar-refractivity contribution is 0.333. The molecule has 3 heteroatoms. The summed E-state index contributed by atoms with van der Waals surface area (Å²) < 4.78 is 6.06. The van der Waals surface area contributed by atoms with Crippen LogP contribution in [0.2, 0.25) is 13.1 Å².